The number of thiophene rings is 1. The molecule has 0 saturated carbocycles. The molecule has 4 rings (SSSR count). The molecule has 2 aromatic heterocycles. The second kappa shape index (κ2) is 7.82. The first-order valence-electron chi connectivity index (χ1n) is 8.72. The second-order valence-corrected chi connectivity index (χ2v) is 7.13. The highest BCUT2D eigenvalue weighted by molar-refractivity contribution is 7.20. The van der Waals surface area contributed by atoms with Gasteiger partial charge in [-0.2, -0.15) is 5.10 Å². The van der Waals surface area contributed by atoms with E-state index in [2.05, 4.69) is 5.10 Å². The van der Waals surface area contributed by atoms with Crippen molar-refractivity contribution in [3.8, 4) is 11.4 Å². The molecule has 0 aliphatic rings. The average molecular weight is 396 g/mol. The molecule has 0 saturated heterocycles. The molecule has 28 heavy (non-hydrogen) atoms. The number of esters is 1. The smallest absolute Gasteiger partial charge is 0.348 e. The summed E-state index contributed by atoms with van der Waals surface area (Å²) in [5, 5.41) is 5.31. The van der Waals surface area contributed by atoms with Crippen LogP contribution in [0.5, 0.6) is 5.75 Å². The van der Waals surface area contributed by atoms with Gasteiger partial charge >= 0.3 is 5.97 Å². The first kappa shape index (κ1) is 18.2. The van der Waals surface area contributed by atoms with E-state index in [0.717, 1.165) is 21.7 Å². The van der Waals surface area contributed by atoms with Crippen LogP contribution in [0.2, 0.25) is 0 Å². The zero-order chi connectivity index (χ0) is 19.5. The largest absolute Gasteiger partial charge is 0.490 e. The zero-order valence-electron chi connectivity index (χ0n) is 15.1. The Hall–Kier alpha value is -3.19. The Labute approximate surface area is 164 Å². The van der Waals surface area contributed by atoms with Gasteiger partial charge in [0.05, 0.1) is 11.4 Å². The summed E-state index contributed by atoms with van der Waals surface area (Å²) in [5.41, 5.74) is 1.37. The molecule has 142 valence electrons. The van der Waals surface area contributed by atoms with E-state index in [-0.39, 0.29) is 19.0 Å². The number of carbonyl (C=O) groups is 1. The molecule has 0 fully saturated rings. The molecule has 0 aliphatic heterocycles. The van der Waals surface area contributed by atoms with Crippen molar-refractivity contribution in [2.24, 2.45) is 0 Å². The minimum Gasteiger partial charge on any atom is -0.490 e. The minimum atomic E-state index is -0.414. The fraction of sp³-hybridized carbons (Fsp3) is 0.143. The van der Waals surface area contributed by atoms with Crippen LogP contribution in [0.1, 0.15) is 15.4 Å². The Morgan fingerprint density at radius 2 is 1.93 bits per heavy atom. The number of hydrogen-bond acceptors (Lipinski definition) is 5. The normalized spacial score (nSPS) is 10.9. The third-order valence-corrected chi connectivity index (χ3v) is 5.22. The monoisotopic (exact) mass is 396 g/mol. The van der Waals surface area contributed by atoms with E-state index in [1.165, 1.54) is 23.5 Å². The van der Waals surface area contributed by atoms with E-state index >= 15 is 0 Å². The Bertz CT molecular complexity index is 1120. The SMILES string of the molecule is Cc1nn(-c2cccc(F)c2)c2sc(C(=O)OCCOc3ccccc3)cc12. The van der Waals surface area contributed by atoms with Crippen LogP contribution in [-0.2, 0) is 4.74 Å². The van der Waals surface area contributed by atoms with E-state index in [0.29, 0.717) is 10.6 Å². The predicted octanol–water partition coefficient (Wildman–Crippen LogP) is 4.77. The number of fused-ring (bicyclic) bond motifs is 1. The Kier molecular flexibility index (Phi) is 5.08. The number of benzene rings is 2. The highest BCUT2D eigenvalue weighted by atomic mass is 32.1. The van der Waals surface area contributed by atoms with Crippen LogP contribution < -0.4 is 4.74 Å². The molecule has 2 heterocycles. The molecular formula is C21H17FN2O3S. The summed E-state index contributed by atoms with van der Waals surface area (Å²) in [6.45, 7) is 2.28. The van der Waals surface area contributed by atoms with Crippen molar-refractivity contribution >= 4 is 27.5 Å². The third-order valence-electron chi connectivity index (χ3n) is 4.13. The van der Waals surface area contributed by atoms with Gasteiger partial charge in [-0.25, -0.2) is 13.9 Å². The lowest BCUT2D eigenvalue weighted by molar-refractivity contribution is 0.0456. The van der Waals surface area contributed by atoms with Crippen LogP contribution in [0, 0.1) is 12.7 Å². The van der Waals surface area contributed by atoms with Crippen LogP contribution in [0.3, 0.4) is 0 Å². The van der Waals surface area contributed by atoms with Crippen LogP contribution in [-0.4, -0.2) is 29.0 Å². The summed E-state index contributed by atoms with van der Waals surface area (Å²) >= 11 is 1.27. The molecule has 4 aromatic rings. The number of rotatable bonds is 6. The van der Waals surface area contributed by atoms with Gasteiger partial charge in [0.25, 0.3) is 0 Å². The van der Waals surface area contributed by atoms with Gasteiger partial charge in [0.1, 0.15) is 34.5 Å². The maximum absolute atomic E-state index is 13.6. The first-order valence-corrected chi connectivity index (χ1v) is 9.53. The zero-order valence-corrected chi connectivity index (χ0v) is 15.9. The second-order valence-electron chi connectivity index (χ2n) is 6.10. The number of hydrogen-bond donors (Lipinski definition) is 0. The van der Waals surface area contributed by atoms with Gasteiger partial charge in [-0.15, -0.1) is 11.3 Å². The van der Waals surface area contributed by atoms with Crippen LogP contribution in [0.15, 0.2) is 60.7 Å². The molecule has 0 unspecified atom stereocenters. The molecule has 2 aromatic carbocycles. The van der Waals surface area contributed by atoms with Gasteiger partial charge in [-0.05, 0) is 43.3 Å². The topological polar surface area (TPSA) is 53.4 Å². The van der Waals surface area contributed by atoms with Crippen LogP contribution in [0.4, 0.5) is 4.39 Å². The maximum atomic E-state index is 13.6. The van der Waals surface area contributed by atoms with Crippen molar-refractivity contribution in [3.05, 3.63) is 77.1 Å². The first-order chi connectivity index (χ1) is 13.6. The minimum absolute atomic E-state index is 0.150. The molecule has 0 bridgehead atoms. The molecule has 0 atom stereocenters. The molecular weight excluding hydrogens is 379 g/mol. The summed E-state index contributed by atoms with van der Waals surface area (Å²) < 4.78 is 26.0. The number of nitrogens with zero attached hydrogens (tertiary/aromatic N) is 2. The lowest BCUT2D eigenvalue weighted by atomic mass is 10.3. The Morgan fingerprint density at radius 1 is 1.11 bits per heavy atom. The van der Waals surface area contributed by atoms with Crippen LogP contribution >= 0.6 is 11.3 Å². The highest BCUT2D eigenvalue weighted by Gasteiger charge is 2.18. The van der Waals surface area contributed by atoms with Gasteiger partial charge in [-0.3, -0.25) is 0 Å². The number of carbonyl (C=O) groups excluding carboxylic acids is 1. The molecule has 5 nitrogen and oxygen atoms in total. The van der Waals surface area contributed by atoms with Crippen molar-refractivity contribution in [1.29, 1.82) is 0 Å². The fourth-order valence-electron chi connectivity index (χ4n) is 2.81. The van der Waals surface area contributed by atoms with E-state index in [1.807, 2.05) is 37.3 Å². The summed E-state index contributed by atoms with van der Waals surface area (Å²) in [6, 6.07) is 17.3. The molecule has 0 amide bonds. The van der Waals surface area contributed by atoms with E-state index in [4.69, 9.17) is 9.47 Å². The lowest BCUT2D eigenvalue weighted by Crippen LogP contribution is -2.11. The summed E-state index contributed by atoms with van der Waals surface area (Å²) in [6.07, 6.45) is 0. The number of halogens is 1. The summed E-state index contributed by atoms with van der Waals surface area (Å²) in [4.78, 5) is 13.6. The number of ether oxygens (including phenoxy) is 2. The van der Waals surface area contributed by atoms with Crippen molar-refractivity contribution in [2.75, 3.05) is 13.2 Å². The Balaban J connectivity index is 1.47. The van der Waals surface area contributed by atoms with Crippen molar-refractivity contribution in [3.63, 3.8) is 0 Å². The van der Waals surface area contributed by atoms with Gasteiger partial charge in [0.2, 0.25) is 0 Å². The fourth-order valence-corrected chi connectivity index (χ4v) is 3.89. The number of aromatic nitrogens is 2. The average Bonchev–Trinajstić information content (AvgIpc) is 3.27. The van der Waals surface area contributed by atoms with Gasteiger partial charge in [0.15, 0.2) is 0 Å². The quantitative estimate of drug-likeness (QED) is 0.348. The van der Waals surface area contributed by atoms with E-state index in [1.54, 1.807) is 22.9 Å². The van der Waals surface area contributed by atoms with Gasteiger partial charge < -0.3 is 9.47 Å². The molecule has 0 aliphatic carbocycles. The van der Waals surface area contributed by atoms with Gasteiger partial charge in [-0.1, -0.05) is 24.3 Å². The van der Waals surface area contributed by atoms with Crippen molar-refractivity contribution in [2.45, 2.75) is 6.92 Å². The maximum Gasteiger partial charge on any atom is 0.348 e. The number of aryl methyl sites for hydroxylation is 1. The summed E-state index contributed by atoms with van der Waals surface area (Å²) in [5.74, 6) is -0.0253. The van der Waals surface area contributed by atoms with Crippen molar-refractivity contribution in [1.82, 2.24) is 9.78 Å². The predicted molar refractivity (Wildman–Crippen MR) is 106 cm³/mol. The Morgan fingerprint density at radius 3 is 2.71 bits per heavy atom. The highest BCUT2D eigenvalue weighted by Crippen LogP contribution is 2.31. The summed E-state index contributed by atoms with van der Waals surface area (Å²) in [7, 11) is 0. The molecule has 7 heteroatoms. The molecule has 0 radical (unpaired) electrons. The van der Waals surface area contributed by atoms with E-state index in [9.17, 15) is 9.18 Å². The van der Waals surface area contributed by atoms with Crippen LogP contribution in [0.25, 0.3) is 15.9 Å². The van der Waals surface area contributed by atoms with Crippen molar-refractivity contribution < 1.29 is 18.7 Å². The van der Waals surface area contributed by atoms with Gasteiger partial charge in [0, 0.05) is 5.39 Å². The molecule has 0 N–H and O–H groups in total. The number of para-hydroxylation sites is 1. The molecule has 0 spiro atoms. The standard InChI is InChI=1S/C21H17FN2O3S/c1-14-18-13-19(21(25)27-11-10-26-17-8-3-2-4-9-17)28-20(18)24(23-14)16-7-5-6-15(22)12-16/h2-9,12-13H,10-11H2,1H3. The van der Waals surface area contributed by atoms with E-state index < -0.39 is 5.97 Å². The lowest BCUT2D eigenvalue weighted by Gasteiger charge is -2.06. The third kappa shape index (κ3) is 3.75.